The van der Waals surface area contributed by atoms with E-state index in [1.807, 2.05) is 51.1 Å². The third-order valence-corrected chi connectivity index (χ3v) is 1.73. The molecule has 1 rings (SSSR count). The molecule has 0 radical (unpaired) electrons. The molecule has 0 bridgehead atoms. The second-order valence-corrected chi connectivity index (χ2v) is 5.38. The Hall–Kier alpha value is -1.44. The topological polar surface area (TPSA) is 101 Å². The monoisotopic (exact) mass is 275 g/mol. The molecule has 0 aliphatic heterocycles. The van der Waals surface area contributed by atoms with Gasteiger partial charge < -0.3 is 5.21 Å². The standard InChI is InChI=1S/C11H15NO.H2O4S/c1-11(2,3)12(13)9-10-7-5-4-6-8-10;1-5(2,3)4/h4-9H,1-3H3;(H2,1,2,3,4). The van der Waals surface area contributed by atoms with Gasteiger partial charge in [-0.05, 0) is 12.1 Å². The lowest BCUT2D eigenvalue weighted by Gasteiger charge is -2.18. The van der Waals surface area contributed by atoms with Gasteiger partial charge in [-0.15, -0.1) is 0 Å². The minimum Gasteiger partial charge on any atom is -0.623 e. The Bertz CT molecular complexity index is 480. The van der Waals surface area contributed by atoms with Crippen molar-refractivity contribution in [1.82, 2.24) is 0 Å². The molecule has 0 heterocycles. The van der Waals surface area contributed by atoms with E-state index in [1.54, 1.807) is 6.21 Å². The SMILES string of the molecule is CC(C)(C)[N+]([O-])=Cc1ccccc1.O=S(=O)(O)O. The van der Waals surface area contributed by atoms with Crippen LogP contribution in [0, 0.1) is 5.21 Å². The zero-order valence-electron chi connectivity index (χ0n) is 10.4. The summed E-state index contributed by atoms with van der Waals surface area (Å²) in [7, 11) is -4.67. The van der Waals surface area contributed by atoms with Gasteiger partial charge in [-0.1, -0.05) is 18.2 Å². The van der Waals surface area contributed by atoms with Gasteiger partial charge in [-0.3, -0.25) is 9.11 Å². The third kappa shape index (κ3) is 9.76. The number of hydroxylamine groups is 1. The van der Waals surface area contributed by atoms with Crippen LogP contribution in [0.15, 0.2) is 30.3 Å². The molecule has 1 aromatic rings. The van der Waals surface area contributed by atoms with Crippen LogP contribution in [0.2, 0.25) is 0 Å². The molecule has 0 atom stereocenters. The molecule has 2 N–H and O–H groups in total. The van der Waals surface area contributed by atoms with Crippen molar-refractivity contribution in [3.63, 3.8) is 0 Å². The van der Waals surface area contributed by atoms with Gasteiger partial charge in [-0.2, -0.15) is 8.42 Å². The third-order valence-electron chi connectivity index (χ3n) is 1.73. The van der Waals surface area contributed by atoms with Crippen molar-refractivity contribution in [2.24, 2.45) is 0 Å². The van der Waals surface area contributed by atoms with E-state index in [9.17, 15) is 5.21 Å². The molecule has 0 fully saturated rings. The minimum absolute atomic E-state index is 0.365. The van der Waals surface area contributed by atoms with Crippen LogP contribution in [0.1, 0.15) is 26.3 Å². The quantitative estimate of drug-likeness (QED) is 0.267. The predicted molar refractivity (Wildman–Crippen MR) is 69.2 cm³/mol. The summed E-state index contributed by atoms with van der Waals surface area (Å²) in [5, 5.41) is 11.5. The minimum atomic E-state index is -4.67. The number of hydrogen-bond acceptors (Lipinski definition) is 3. The maximum Gasteiger partial charge on any atom is 0.394 e. The van der Waals surface area contributed by atoms with Gasteiger partial charge in [0.25, 0.3) is 0 Å². The van der Waals surface area contributed by atoms with Crippen molar-refractivity contribution in [2.45, 2.75) is 26.3 Å². The normalized spacial score (nSPS) is 12.6. The lowest BCUT2D eigenvalue weighted by atomic mass is 10.1. The summed E-state index contributed by atoms with van der Waals surface area (Å²) in [5.41, 5.74) is 0.572. The van der Waals surface area contributed by atoms with E-state index in [4.69, 9.17) is 17.5 Å². The summed E-state index contributed by atoms with van der Waals surface area (Å²) in [6.45, 7) is 5.66. The molecule has 0 aliphatic carbocycles. The number of benzene rings is 1. The van der Waals surface area contributed by atoms with E-state index in [-0.39, 0.29) is 5.54 Å². The molecule has 102 valence electrons. The fourth-order valence-electron chi connectivity index (χ4n) is 0.868. The highest BCUT2D eigenvalue weighted by atomic mass is 32.3. The van der Waals surface area contributed by atoms with Crippen molar-refractivity contribution < 1.29 is 22.3 Å². The van der Waals surface area contributed by atoms with Gasteiger partial charge in [-0.25, -0.2) is 4.74 Å². The summed E-state index contributed by atoms with van der Waals surface area (Å²) >= 11 is 0. The Morgan fingerprint density at radius 3 is 1.89 bits per heavy atom. The van der Waals surface area contributed by atoms with Crippen molar-refractivity contribution in [3.8, 4) is 0 Å². The average Bonchev–Trinajstić information content (AvgIpc) is 2.15. The maximum atomic E-state index is 11.5. The summed E-state index contributed by atoms with van der Waals surface area (Å²) in [6.07, 6.45) is 1.61. The van der Waals surface area contributed by atoms with Crippen molar-refractivity contribution in [1.29, 1.82) is 0 Å². The molecular weight excluding hydrogens is 258 g/mol. The summed E-state index contributed by atoms with van der Waals surface area (Å²) in [4.78, 5) is 0. The molecule has 0 saturated heterocycles. The average molecular weight is 275 g/mol. The van der Waals surface area contributed by atoms with Crippen LogP contribution in [0.5, 0.6) is 0 Å². The first-order valence-corrected chi connectivity index (χ1v) is 6.46. The first-order valence-electron chi connectivity index (χ1n) is 5.06. The highest BCUT2D eigenvalue weighted by molar-refractivity contribution is 7.79. The lowest BCUT2D eigenvalue weighted by Crippen LogP contribution is -2.29. The van der Waals surface area contributed by atoms with Gasteiger partial charge in [0.2, 0.25) is 0 Å². The van der Waals surface area contributed by atoms with Gasteiger partial charge in [0.05, 0.1) is 0 Å². The van der Waals surface area contributed by atoms with Crippen molar-refractivity contribution >= 4 is 16.6 Å². The van der Waals surface area contributed by atoms with Crippen LogP contribution in [-0.4, -0.2) is 34.0 Å². The summed E-state index contributed by atoms with van der Waals surface area (Å²) in [5.74, 6) is 0. The molecule has 0 spiro atoms. The number of hydrogen-bond donors (Lipinski definition) is 2. The first kappa shape index (κ1) is 16.6. The molecule has 1 aromatic carbocycles. The maximum absolute atomic E-state index is 11.5. The fourth-order valence-corrected chi connectivity index (χ4v) is 0.868. The van der Waals surface area contributed by atoms with Gasteiger partial charge in [0, 0.05) is 26.3 Å². The zero-order valence-corrected chi connectivity index (χ0v) is 11.3. The molecule has 7 heteroatoms. The van der Waals surface area contributed by atoms with Crippen LogP contribution in [-0.2, 0) is 10.4 Å². The van der Waals surface area contributed by atoms with Crippen LogP contribution >= 0.6 is 0 Å². The Labute approximate surface area is 107 Å². The van der Waals surface area contributed by atoms with E-state index in [1.165, 1.54) is 0 Å². The smallest absolute Gasteiger partial charge is 0.394 e. The number of nitrogens with zero attached hydrogens (tertiary/aromatic N) is 1. The van der Waals surface area contributed by atoms with Crippen molar-refractivity contribution in [3.05, 3.63) is 41.1 Å². The Morgan fingerprint density at radius 1 is 1.17 bits per heavy atom. The van der Waals surface area contributed by atoms with Gasteiger partial charge in [0.15, 0.2) is 11.8 Å². The summed E-state index contributed by atoms with van der Waals surface area (Å²) in [6, 6.07) is 9.60. The van der Waals surface area contributed by atoms with Crippen LogP contribution in [0.25, 0.3) is 0 Å². The Balaban J connectivity index is 0.000000494. The molecule has 6 nitrogen and oxygen atoms in total. The first-order chi connectivity index (χ1) is 8.00. The predicted octanol–water partition coefficient (Wildman–Crippen LogP) is 1.76. The van der Waals surface area contributed by atoms with Crippen LogP contribution in [0.3, 0.4) is 0 Å². The summed E-state index contributed by atoms with van der Waals surface area (Å²) < 4.78 is 32.6. The zero-order chi connectivity index (χ0) is 14.4. The molecule has 0 amide bonds. The second kappa shape index (κ2) is 6.48. The van der Waals surface area contributed by atoms with Crippen LogP contribution in [0.4, 0.5) is 0 Å². The van der Waals surface area contributed by atoms with E-state index in [0.717, 1.165) is 10.3 Å². The lowest BCUT2D eigenvalue weighted by molar-refractivity contribution is -0.530. The Kier molecular flexibility index (Phi) is 5.96. The van der Waals surface area contributed by atoms with Crippen LogP contribution < -0.4 is 0 Å². The second-order valence-electron chi connectivity index (χ2n) is 4.48. The molecule has 18 heavy (non-hydrogen) atoms. The van der Waals surface area contributed by atoms with E-state index in [0.29, 0.717) is 0 Å². The van der Waals surface area contributed by atoms with E-state index in [2.05, 4.69) is 0 Å². The van der Waals surface area contributed by atoms with Gasteiger partial charge in [0.1, 0.15) is 0 Å². The molecule has 0 unspecified atom stereocenters. The molecule has 0 saturated carbocycles. The highest BCUT2D eigenvalue weighted by Gasteiger charge is 2.17. The molecule has 0 aromatic heterocycles. The van der Waals surface area contributed by atoms with E-state index < -0.39 is 10.4 Å². The molecular formula is C11H17NO5S. The number of rotatable bonds is 1. The molecule has 0 aliphatic rings. The Morgan fingerprint density at radius 2 is 1.56 bits per heavy atom. The van der Waals surface area contributed by atoms with E-state index >= 15 is 0 Å². The largest absolute Gasteiger partial charge is 0.623 e. The van der Waals surface area contributed by atoms with Crippen molar-refractivity contribution in [2.75, 3.05) is 0 Å². The van der Waals surface area contributed by atoms with Gasteiger partial charge >= 0.3 is 10.4 Å². The fraction of sp³-hybridized carbons (Fsp3) is 0.364. The highest BCUT2D eigenvalue weighted by Crippen LogP contribution is 2.05.